The number of aromatic nitrogens is 1. The lowest BCUT2D eigenvalue weighted by atomic mass is 10.2. The minimum Gasteiger partial charge on any atom is -0.275 e. The summed E-state index contributed by atoms with van der Waals surface area (Å²) in [5.74, 6) is -1.41. The van der Waals surface area contributed by atoms with Crippen molar-refractivity contribution in [2.24, 2.45) is 0 Å². The first kappa shape index (κ1) is 11.3. The molecule has 0 fully saturated rings. The molecular formula is C7H2Cl2F3NO. The van der Waals surface area contributed by atoms with Crippen molar-refractivity contribution in [3.63, 3.8) is 0 Å². The van der Waals surface area contributed by atoms with E-state index >= 15 is 0 Å². The van der Waals surface area contributed by atoms with Crippen molar-refractivity contribution in [1.29, 1.82) is 0 Å². The van der Waals surface area contributed by atoms with Crippen LogP contribution in [0.5, 0.6) is 0 Å². The Morgan fingerprint density at radius 3 is 2.50 bits per heavy atom. The average Bonchev–Trinajstić information content (AvgIpc) is 2.02. The van der Waals surface area contributed by atoms with E-state index in [2.05, 4.69) is 4.98 Å². The summed E-state index contributed by atoms with van der Waals surface area (Å²) in [5, 5.41) is -1.77. The third-order valence-corrected chi connectivity index (χ3v) is 2.04. The maximum Gasteiger partial charge on any atom is 0.269 e. The van der Waals surface area contributed by atoms with Gasteiger partial charge in [0.05, 0.1) is 16.1 Å². The molecule has 0 atom stereocenters. The SMILES string of the molecule is O=C(Cl)c1cnc(F)c(C(F)F)c1Cl. The minimum absolute atomic E-state index is 0.440. The summed E-state index contributed by atoms with van der Waals surface area (Å²) in [4.78, 5) is 13.6. The van der Waals surface area contributed by atoms with Gasteiger partial charge in [0.1, 0.15) is 0 Å². The molecule has 1 heterocycles. The topological polar surface area (TPSA) is 30.0 Å². The zero-order valence-corrected chi connectivity index (χ0v) is 7.91. The molecule has 0 N–H and O–H groups in total. The summed E-state index contributed by atoms with van der Waals surface area (Å²) in [6.07, 6.45) is -2.44. The van der Waals surface area contributed by atoms with Gasteiger partial charge in [-0.2, -0.15) is 4.39 Å². The van der Waals surface area contributed by atoms with Crippen LogP contribution in [0, 0.1) is 5.95 Å². The van der Waals surface area contributed by atoms with Gasteiger partial charge in [0, 0.05) is 6.20 Å². The Morgan fingerprint density at radius 2 is 2.07 bits per heavy atom. The average molecular weight is 244 g/mol. The van der Waals surface area contributed by atoms with E-state index in [1.54, 1.807) is 0 Å². The Kier molecular flexibility index (Phi) is 3.34. The molecule has 76 valence electrons. The number of hydrogen-bond acceptors (Lipinski definition) is 2. The highest BCUT2D eigenvalue weighted by atomic mass is 35.5. The number of halogens is 5. The molecular weight excluding hydrogens is 242 g/mol. The molecule has 14 heavy (non-hydrogen) atoms. The molecule has 0 aliphatic carbocycles. The Labute approximate surface area is 86.6 Å². The van der Waals surface area contributed by atoms with Gasteiger partial charge in [-0.1, -0.05) is 11.6 Å². The van der Waals surface area contributed by atoms with E-state index in [-0.39, 0.29) is 0 Å². The molecule has 0 aromatic carbocycles. The van der Waals surface area contributed by atoms with Crippen LogP contribution in [0.4, 0.5) is 13.2 Å². The van der Waals surface area contributed by atoms with Gasteiger partial charge in [-0.05, 0) is 11.6 Å². The molecule has 0 aliphatic heterocycles. The van der Waals surface area contributed by atoms with Crippen LogP contribution in [-0.2, 0) is 0 Å². The molecule has 7 heteroatoms. The van der Waals surface area contributed by atoms with Crippen LogP contribution in [0.15, 0.2) is 6.20 Å². The zero-order chi connectivity index (χ0) is 10.9. The molecule has 0 radical (unpaired) electrons. The molecule has 0 spiro atoms. The summed E-state index contributed by atoms with van der Waals surface area (Å²) < 4.78 is 37.1. The Hall–Kier alpha value is -0.810. The summed E-state index contributed by atoms with van der Waals surface area (Å²) >= 11 is 10.3. The van der Waals surface area contributed by atoms with E-state index < -0.39 is 33.8 Å². The normalized spacial score (nSPS) is 10.7. The quantitative estimate of drug-likeness (QED) is 0.590. The zero-order valence-electron chi connectivity index (χ0n) is 6.40. The summed E-state index contributed by atoms with van der Waals surface area (Å²) in [7, 11) is 0. The van der Waals surface area contributed by atoms with Crippen LogP contribution < -0.4 is 0 Å². The largest absolute Gasteiger partial charge is 0.275 e. The van der Waals surface area contributed by atoms with Gasteiger partial charge in [-0.3, -0.25) is 4.79 Å². The molecule has 0 unspecified atom stereocenters. The van der Waals surface area contributed by atoms with Crippen molar-refractivity contribution < 1.29 is 18.0 Å². The highest BCUT2D eigenvalue weighted by Crippen LogP contribution is 2.31. The summed E-state index contributed by atoms with van der Waals surface area (Å²) in [6.45, 7) is 0. The van der Waals surface area contributed by atoms with Crippen LogP contribution >= 0.6 is 23.2 Å². The molecule has 0 bridgehead atoms. The van der Waals surface area contributed by atoms with Crippen LogP contribution in [0.25, 0.3) is 0 Å². The fraction of sp³-hybridized carbons (Fsp3) is 0.143. The van der Waals surface area contributed by atoms with Gasteiger partial charge >= 0.3 is 0 Å². The smallest absolute Gasteiger partial charge is 0.269 e. The minimum atomic E-state index is -3.15. The van der Waals surface area contributed by atoms with Crippen molar-refractivity contribution in [2.75, 3.05) is 0 Å². The number of alkyl halides is 2. The van der Waals surface area contributed by atoms with E-state index in [1.807, 2.05) is 0 Å². The summed E-state index contributed by atoms with van der Waals surface area (Å²) in [5.41, 5.74) is -1.55. The number of rotatable bonds is 2. The van der Waals surface area contributed by atoms with Gasteiger partial charge in [-0.25, -0.2) is 13.8 Å². The van der Waals surface area contributed by atoms with Crippen LogP contribution in [-0.4, -0.2) is 10.2 Å². The lowest BCUT2D eigenvalue weighted by Crippen LogP contribution is -2.02. The van der Waals surface area contributed by atoms with Gasteiger partial charge in [0.25, 0.3) is 11.7 Å². The first-order chi connectivity index (χ1) is 6.45. The third-order valence-electron chi connectivity index (χ3n) is 1.43. The number of hydrogen-bond donors (Lipinski definition) is 0. The molecule has 1 aromatic rings. The second-order valence-electron chi connectivity index (χ2n) is 2.26. The molecule has 2 nitrogen and oxygen atoms in total. The van der Waals surface area contributed by atoms with Crippen LogP contribution in [0.3, 0.4) is 0 Å². The highest BCUT2D eigenvalue weighted by molar-refractivity contribution is 6.68. The standard InChI is InChI=1S/C7H2Cl2F3NO/c8-4-2(5(9)14)1-13-7(12)3(4)6(10)11/h1,6H. The van der Waals surface area contributed by atoms with Crippen LogP contribution in [0.1, 0.15) is 22.3 Å². The monoisotopic (exact) mass is 243 g/mol. The summed E-state index contributed by atoms with van der Waals surface area (Å²) in [6, 6.07) is 0. The van der Waals surface area contributed by atoms with Crippen molar-refractivity contribution in [3.05, 3.63) is 28.3 Å². The van der Waals surface area contributed by atoms with E-state index in [0.29, 0.717) is 6.20 Å². The van der Waals surface area contributed by atoms with E-state index in [4.69, 9.17) is 23.2 Å². The van der Waals surface area contributed by atoms with Crippen molar-refractivity contribution in [3.8, 4) is 0 Å². The Morgan fingerprint density at radius 1 is 1.50 bits per heavy atom. The molecule has 1 aromatic heterocycles. The predicted octanol–water partition coefficient (Wildman–Crippen LogP) is 3.19. The van der Waals surface area contributed by atoms with E-state index in [0.717, 1.165) is 0 Å². The number of nitrogens with zero attached hydrogens (tertiary/aromatic N) is 1. The molecule has 1 rings (SSSR count). The van der Waals surface area contributed by atoms with E-state index in [1.165, 1.54) is 0 Å². The number of pyridine rings is 1. The fourth-order valence-electron chi connectivity index (χ4n) is 0.806. The van der Waals surface area contributed by atoms with Crippen LogP contribution in [0.2, 0.25) is 5.02 Å². The van der Waals surface area contributed by atoms with E-state index in [9.17, 15) is 18.0 Å². The Bertz CT molecular complexity index is 383. The van der Waals surface area contributed by atoms with Gasteiger partial charge < -0.3 is 0 Å². The van der Waals surface area contributed by atoms with Crippen molar-refractivity contribution in [1.82, 2.24) is 4.98 Å². The maximum atomic E-state index is 12.7. The second kappa shape index (κ2) is 4.14. The second-order valence-corrected chi connectivity index (χ2v) is 2.99. The number of carbonyl (C=O) groups excluding carboxylic acids is 1. The Balaban J connectivity index is 3.41. The first-order valence-electron chi connectivity index (χ1n) is 3.27. The first-order valence-corrected chi connectivity index (χ1v) is 4.02. The van der Waals surface area contributed by atoms with Gasteiger partial charge in [-0.15, -0.1) is 0 Å². The van der Waals surface area contributed by atoms with Gasteiger partial charge in [0.15, 0.2) is 0 Å². The van der Waals surface area contributed by atoms with Crippen molar-refractivity contribution >= 4 is 28.4 Å². The fourth-order valence-corrected chi connectivity index (χ4v) is 1.29. The number of carbonyl (C=O) groups is 1. The highest BCUT2D eigenvalue weighted by Gasteiger charge is 2.23. The molecule has 0 amide bonds. The molecule has 0 saturated heterocycles. The predicted molar refractivity (Wildman–Crippen MR) is 44.3 cm³/mol. The van der Waals surface area contributed by atoms with Crippen molar-refractivity contribution in [2.45, 2.75) is 6.43 Å². The third kappa shape index (κ3) is 1.99. The molecule has 0 saturated carbocycles. The lowest BCUT2D eigenvalue weighted by molar-refractivity contribution is 0.108. The maximum absolute atomic E-state index is 12.7. The molecule has 0 aliphatic rings. The van der Waals surface area contributed by atoms with Gasteiger partial charge in [0.2, 0.25) is 5.95 Å². The lowest BCUT2D eigenvalue weighted by Gasteiger charge is -2.05.